The molecule has 6 nitrogen and oxygen atoms in total. The van der Waals surface area contributed by atoms with Crippen molar-refractivity contribution in [2.24, 2.45) is 0 Å². The predicted molar refractivity (Wildman–Crippen MR) is 154 cm³/mol. The second kappa shape index (κ2) is 11.8. The molecule has 37 heavy (non-hydrogen) atoms. The van der Waals surface area contributed by atoms with Crippen molar-refractivity contribution in [3.8, 4) is 11.1 Å². The molecule has 0 radical (unpaired) electrons. The average molecular weight is 519 g/mol. The van der Waals surface area contributed by atoms with E-state index in [0.29, 0.717) is 18.7 Å². The number of rotatable bonds is 9. The summed E-state index contributed by atoms with van der Waals surface area (Å²) in [4.78, 5) is 24.0. The lowest BCUT2D eigenvalue weighted by atomic mass is 9.99. The minimum Gasteiger partial charge on any atom is -0.465 e. The van der Waals surface area contributed by atoms with Crippen LogP contribution in [0.15, 0.2) is 66.7 Å². The van der Waals surface area contributed by atoms with Gasteiger partial charge in [-0.3, -0.25) is 10.1 Å². The summed E-state index contributed by atoms with van der Waals surface area (Å²) in [5.41, 5.74) is 5.97. The number of hydrogen-bond donors (Lipinski definition) is 3. The van der Waals surface area contributed by atoms with E-state index in [9.17, 15) is 14.7 Å². The van der Waals surface area contributed by atoms with Gasteiger partial charge < -0.3 is 14.8 Å². The maximum atomic E-state index is 12.7. The molecule has 0 atom stereocenters. The van der Waals surface area contributed by atoms with Crippen molar-refractivity contribution in [3.05, 3.63) is 83.4 Å². The maximum Gasteiger partial charge on any atom is 0.409 e. The second-order valence-electron chi connectivity index (χ2n) is 10.9. The molecule has 3 aromatic rings. The van der Waals surface area contributed by atoms with E-state index in [1.54, 1.807) is 6.07 Å². The van der Waals surface area contributed by atoms with E-state index in [1.807, 2.05) is 61.5 Å². The quantitative estimate of drug-likeness (QED) is 0.252. The summed E-state index contributed by atoms with van der Waals surface area (Å²) < 4.78 is 6.32. The zero-order valence-corrected chi connectivity index (χ0v) is 23.6. The maximum absolute atomic E-state index is 12.7. The highest BCUT2D eigenvalue weighted by atomic mass is 28.4. The first-order chi connectivity index (χ1) is 17.4. The van der Waals surface area contributed by atoms with Crippen LogP contribution in [0.25, 0.3) is 11.1 Å². The first-order valence-corrected chi connectivity index (χ1v) is 15.5. The molecule has 0 fully saturated rings. The Balaban J connectivity index is 1.62. The molecule has 7 heteroatoms. The Bertz CT molecular complexity index is 1250. The van der Waals surface area contributed by atoms with E-state index in [0.717, 1.165) is 33.5 Å². The lowest BCUT2D eigenvalue weighted by molar-refractivity contribution is -0.116. The van der Waals surface area contributed by atoms with Crippen molar-refractivity contribution in [2.75, 3.05) is 10.6 Å². The Morgan fingerprint density at radius 1 is 0.892 bits per heavy atom. The molecular formula is C30H38N2O4Si. The zero-order valence-electron chi connectivity index (χ0n) is 22.6. The normalized spacial score (nSPS) is 11.7. The standard InChI is InChI=1S/C30H38N2O4Si/c1-21-18-23(20-36-37(5,6)30(2,3)4)13-16-26(21)31-28(33)17-14-22-12-15-25(24-10-8-7-9-11-24)27(19-22)32-29(34)35/h7-13,15-16,18-19,32H,14,17,20H2,1-6H3,(H,31,33)(H,34,35). The SMILES string of the molecule is Cc1cc(CO[Si](C)(C)C(C)(C)C)ccc1NC(=O)CCc1ccc(-c2ccccc2)c(NC(=O)O)c1. The lowest BCUT2D eigenvalue weighted by Crippen LogP contribution is -2.40. The molecule has 3 N–H and O–H groups in total. The molecule has 0 saturated heterocycles. The Hall–Kier alpha value is -3.42. The summed E-state index contributed by atoms with van der Waals surface area (Å²) in [6.07, 6.45) is -0.347. The molecule has 0 saturated carbocycles. The third-order valence-electron chi connectivity index (χ3n) is 7.02. The molecule has 0 aromatic heterocycles. The zero-order chi connectivity index (χ0) is 27.2. The van der Waals surface area contributed by atoms with E-state index in [2.05, 4.69) is 50.6 Å². The number of nitrogens with one attached hydrogen (secondary N) is 2. The number of aryl methyl sites for hydroxylation is 2. The van der Waals surface area contributed by atoms with Crippen molar-refractivity contribution in [1.82, 2.24) is 0 Å². The van der Waals surface area contributed by atoms with Crippen LogP contribution in [0.3, 0.4) is 0 Å². The van der Waals surface area contributed by atoms with Crippen LogP contribution in [-0.4, -0.2) is 25.4 Å². The molecule has 0 unspecified atom stereocenters. The van der Waals surface area contributed by atoms with Crippen molar-refractivity contribution < 1.29 is 19.1 Å². The van der Waals surface area contributed by atoms with Crippen LogP contribution in [0.2, 0.25) is 18.1 Å². The van der Waals surface area contributed by atoms with Crippen molar-refractivity contribution >= 4 is 31.7 Å². The van der Waals surface area contributed by atoms with Gasteiger partial charge in [-0.1, -0.05) is 75.4 Å². The van der Waals surface area contributed by atoms with Crippen LogP contribution >= 0.6 is 0 Å². The monoisotopic (exact) mass is 518 g/mol. The number of amides is 2. The molecule has 0 aliphatic heterocycles. The molecule has 0 aliphatic rings. The third kappa shape index (κ3) is 7.78. The molecular weight excluding hydrogens is 480 g/mol. The topological polar surface area (TPSA) is 87.7 Å². The summed E-state index contributed by atoms with van der Waals surface area (Å²) in [6.45, 7) is 13.7. The summed E-state index contributed by atoms with van der Waals surface area (Å²) in [6, 6.07) is 21.2. The Morgan fingerprint density at radius 2 is 1.57 bits per heavy atom. The van der Waals surface area contributed by atoms with Crippen LogP contribution in [0.5, 0.6) is 0 Å². The van der Waals surface area contributed by atoms with Crippen LogP contribution in [0, 0.1) is 6.92 Å². The van der Waals surface area contributed by atoms with Crippen LogP contribution in [0.1, 0.15) is 43.9 Å². The molecule has 0 heterocycles. The highest BCUT2D eigenvalue weighted by molar-refractivity contribution is 6.74. The summed E-state index contributed by atoms with van der Waals surface area (Å²) in [7, 11) is -1.83. The van der Waals surface area contributed by atoms with Crippen molar-refractivity contribution in [1.29, 1.82) is 0 Å². The smallest absolute Gasteiger partial charge is 0.409 e. The number of carbonyl (C=O) groups is 2. The third-order valence-corrected chi connectivity index (χ3v) is 11.5. The van der Waals surface area contributed by atoms with Gasteiger partial charge in [0.05, 0.1) is 12.3 Å². The Labute approximate surface area is 221 Å². The van der Waals surface area contributed by atoms with Gasteiger partial charge in [0.15, 0.2) is 8.32 Å². The predicted octanol–water partition coefficient (Wildman–Crippen LogP) is 7.85. The molecule has 196 valence electrons. The fourth-order valence-electron chi connectivity index (χ4n) is 3.74. The van der Waals surface area contributed by atoms with E-state index in [1.165, 1.54) is 0 Å². The number of benzene rings is 3. The van der Waals surface area contributed by atoms with Gasteiger partial charge in [0.2, 0.25) is 5.91 Å². The molecule has 0 spiro atoms. The van der Waals surface area contributed by atoms with Gasteiger partial charge in [0.25, 0.3) is 0 Å². The minimum atomic E-state index is -1.83. The largest absolute Gasteiger partial charge is 0.465 e. The van der Waals surface area contributed by atoms with E-state index < -0.39 is 14.4 Å². The van der Waals surface area contributed by atoms with Gasteiger partial charge in [-0.2, -0.15) is 0 Å². The Kier molecular flexibility index (Phi) is 8.94. The number of hydrogen-bond acceptors (Lipinski definition) is 3. The van der Waals surface area contributed by atoms with Gasteiger partial charge in [-0.05, 0) is 65.9 Å². The number of anilines is 2. The number of carboxylic acid groups (broad SMARTS) is 1. The first kappa shape index (κ1) is 28.2. The molecule has 0 bridgehead atoms. The summed E-state index contributed by atoms with van der Waals surface area (Å²) in [5.74, 6) is -0.0896. The van der Waals surface area contributed by atoms with Crippen LogP contribution in [-0.2, 0) is 22.2 Å². The molecule has 2 amide bonds. The van der Waals surface area contributed by atoms with E-state index in [4.69, 9.17) is 4.43 Å². The van der Waals surface area contributed by atoms with E-state index in [-0.39, 0.29) is 17.4 Å². The Morgan fingerprint density at radius 3 is 2.19 bits per heavy atom. The van der Waals surface area contributed by atoms with Crippen LogP contribution < -0.4 is 10.6 Å². The first-order valence-electron chi connectivity index (χ1n) is 12.6. The number of carbonyl (C=O) groups excluding carboxylic acids is 1. The molecule has 0 aliphatic carbocycles. The average Bonchev–Trinajstić information content (AvgIpc) is 2.82. The van der Waals surface area contributed by atoms with Crippen molar-refractivity contribution in [2.45, 2.75) is 65.3 Å². The summed E-state index contributed by atoms with van der Waals surface area (Å²) >= 11 is 0. The van der Waals surface area contributed by atoms with E-state index >= 15 is 0 Å². The molecule has 3 rings (SSSR count). The van der Waals surface area contributed by atoms with Gasteiger partial charge in [0, 0.05) is 17.7 Å². The highest BCUT2D eigenvalue weighted by Crippen LogP contribution is 2.37. The fraction of sp³-hybridized carbons (Fsp3) is 0.333. The van der Waals surface area contributed by atoms with Crippen LogP contribution in [0.4, 0.5) is 16.2 Å². The highest BCUT2D eigenvalue weighted by Gasteiger charge is 2.37. The van der Waals surface area contributed by atoms with Gasteiger partial charge in [-0.15, -0.1) is 0 Å². The summed E-state index contributed by atoms with van der Waals surface area (Å²) in [5, 5.41) is 14.9. The fourth-order valence-corrected chi connectivity index (χ4v) is 4.70. The van der Waals surface area contributed by atoms with Gasteiger partial charge in [0.1, 0.15) is 0 Å². The minimum absolute atomic E-state index is 0.0896. The van der Waals surface area contributed by atoms with Crippen molar-refractivity contribution in [3.63, 3.8) is 0 Å². The lowest BCUT2D eigenvalue weighted by Gasteiger charge is -2.36. The van der Waals surface area contributed by atoms with Gasteiger partial charge >= 0.3 is 6.09 Å². The molecule has 3 aromatic carbocycles. The van der Waals surface area contributed by atoms with Gasteiger partial charge in [-0.25, -0.2) is 4.79 Å². The second-order valence-corrected chi connectivity index (χ2v) is 15.7.